The summed E-state index contributed by atoms with van der Waals surface area (Å²) in [5.74, 6) is -0.133. The molecule has 0 aliphatic carbocycles. The van der Waals surface area contributed by atoms with Gasteiger partial charge in [0.25, 0.3) is 0 Å². The van der Waals surface area contributed by atoms with E-state index >= 15 is 0 Å². The van der Waals surface area contributed by atoms with Crippen molar-refractivity contribution in [1.29, 1.82) is 0 Å². The molecule has 2 nitrogen and oxygen atoms in total. The zero-order chi connectivity index (χ0) is 14.7. The summed E-state index contributed by atoms with van der Waals surface area (Å²) in [7, 11) is 0. The van der Waals surface area contributed by atoms with Gasteiger partial charge in [-0.25, -0.2) is 4.39 Å². The van der Waals surface area contributed by atoms with Crippen molar-refractivity contribution in [2.24, 2.45) is 0 Å². The number of hydrogen-bond donors (Lipinski definition) is 1. The highest BCUT2D eigenvalue weighted by molar-refractivity contribution is 5.57. The number of nitrogens with one attached hydrogen (secondary N) is 1. The molecular weight excluding hydrogens is 263 g/mol. The fourth-order valence-electron chi connectivity index (χ4n) is 2.84. The molecule has 0 spiro atoms. The summed E-state index contributed by atoms with van der Waals surface area (Å²) in [5, 5.41) is 3.30. The fraction of sp³-hybridized carbons (Fsp3) is 0.333. The van der Waals surface area contributed by atoms with Gasteiger partial charge in [-0.05, 0) is 49.1 Å². The summed E-state index contributed by atoms with van der Waals surface area (Å²) in [6.45, 7) is 4.74. The van der Waals surface area contributed by atoms with E-state index in [0.29, 0.717) is 0 Å². The van der Waals surface area contributed by atoms with Crippen molar-refractivity contribution >= 4 is 11.4 Å². The second kappa shape index (κ2) is 6.17. The molecule has 3 rings (SSSR count). The van der Waals surface area contributed by atoms with Crippen LogP contribution in [0, 0.1) is 12.7 Å². The number of aryl methyl sites for hydroxylation is 1. The van der Waals surface area contributed by atoms with Crippen LogP contribution >= 0.6 is 0 Å². The van der Waals surface area contributed by atoms with E-state index in [9.17, 15) is 4.39 Å². The van der Waals surface area contributed by atoms with Crippen LogP contribution < -0.4 is 10.2 Å². The van der Waals surface area contributed by atoms with Gasteiger partial charge < -0.3 is 10.2 Å². The largest absolute Gasteiger partial charge is 0.381 e. The van der Waals surface area contributed by atoms with Crippen LogP contribution in [0.2, 0.25) is 0 Å². The van der Waals surface area contributed by atoms with E-state index in [1.165, 1.54) is 11.1 Å². The Bertz CT molecular complexity index is 618. The van der Waals surface area contributed by atoms with Gasteiger partial charge in [-0.3, -0.25) is 0 Å². The van der Waals surface area contributed by atoms with E-state index in [4.69, 9.17) is 0 Å². The maximum Gasteiger partial charge on any atom is 0.148 e. The second-order valence-electron chi connectivity index (χ2n) is 5.64. The number of halogens is 1. The molecule has 0 aromatic heterocycles. The third-order valence-electron chi connectivity index (χ3n) is 4.14. The third-order valence-corrected chi connectivity index (χ3v) is 4.14. The quantitative estimate of drug-likeness (QED) is 0.898. The number of nitrogens with zero attached hydrogens (tertiary/aromatic N) is 1. The molecule has 0 radical (unpaired) electrons. The molecular formula is C18H21FN2. The minimum Gasteiger partial charge on any atom is -0.381 e. The number of rotatable bonds is 4. The van der Waals surface area contributed by atoms with E-state index < -0.39 is 0 Å². The van der Waals surface area contributed by atoms with Crippen molar-refractivity contribution in [2.45, 2.75) is 26.3 Å². The predicted octanol–water partition coefficient (Wildman–Crippen LogP) is 4.35. The zero-order valence-corrected chi connectivity index (χ0v) is 12.4. The lowest BCUT2D eigenvalue weighted by Crippen LogP contribution is -2.19. The molecule has 3 heteroatoms. The Kier molecular flexibility index (Phi) is 4.09. The molecule has 1 heterocycles. The first-order chi connectivity index (χ1) is 10.2. The van der Waals surface area contributed by atoms with E-state index in [1.807, 2.05) is 24.3 Å². The smallest absolute Gasteiger partial charge is 0.148 e. The molecule has 2 aromatic carbocycles. The van der Waals surface area contributed by atoms with E-state index in [-0.39, 0.29) is 5.82 Å². The van der Waals surface area contributed by atoms with Crippen LogP contribution in [0.4, 0.5) is 15.8 Å². The van der Waals surface area contributed by atoms with Crippen molar-refractivity contribution in [3.05, 3.63) is 59.4 Å². The van der Waals surface area contributed by atoms with Crippen LogP contribution in [-0.4, -0.2) is 13.1 Å². The SMILES string of the molecule is Cc1ccccc1CNc1ccc(N2CCCC2)c(F)c1. The maximum atomic E-state index is 14.2. The first kappa shape index (κ1) is 13.9. The number of hydrogen-bond acceptors (Lipinski definition) is 2. The van der Waals surface area contributed by atoms with Crippen molar-refractivity contribution in [3.8, 4) is 0 Å². The lowest BCUT2D eigenvalue weighted by molar-refractivity contribution is 0.623. The van der Waals surface area contributed by atoms with Gasteiger partial charge in [0.1, 0.15) is 5.82 Å². The van der Waals surface area contributed by atoms with Gasteiger partial charge in [-0.1, -0.05) is 24.3 Å². The Labute approximate surface area is 125 Å². The van der Waals surface area contributed by atoms with Crippen LogP contribution in [0.25, 0.3) is 0 Å². The van der Waals surface area contributed by atoms with Gasteiger partial charge >= 0.3 is 0 Å². The molecule has 1 aliphatic heterocycles. The number of anilines is 2. The molecule has 110 valence electrons. The Morgan fingerprint density at radius 1 is 1.10 bits per heavy atom. The molecule has 1 saturated heterocycles. The molecule has 0 amide bonds. The predicted molar refractivity (Wildman–Crippen MR) is 86.4 cm³/mol. The van der Waals surface area contributed by atoms with Gasteiger partial charge in [-0.2, -0.15) is 0 Å². The monoisotopic (exact) mass is 284 g/mol. The van der Waals surface area contributed by atoms with E-state index in [1.54, 1.807) is 6.07 Å². The average Bonchev–Trinajstić information content (AvgIpc) is 3.00. The lowest BCUT2D eigenvalue weighted by Gasteiger charge is -2.19. The molecule has 1 N–H and O–H groups in total. The van der Waals surface area contributed by atoms with Crippen LogP contribution in [-0.2, 0) is 6.54 Å². The molecule has 0 atom stereocenters. The van der Waals surface area contributed by atoms with Crippen LogP contribution in [0.15, 0.2) is 42.5 Å². The molecule has 21 heavy (non-hydrogen) atoms. The van der Waals surface area contributed by atoms with Gasteiger partial charge in [0.15, 0.2) is 0 Å². The average molecular weight is 284 g/mol. The number of benzene rings is 2. The highest BCUT2D eigenvalue weighted by atomic mass is 19.1. The summed E-state index contributed by atoms with van der Waals surface area (Å²) in [6, 6.07) is 13.7. The van der Waals surface area contributed by atoms with E-state index in [0.717, 1.165) is 43.9 Å². The summed E-state index contributed by atoms with van der Waals surface area (Å²) in [6.07, 6.45) is 2.32. The lowest BCUT2D eigenvalue weighted by atomic mass is 10.1. The van der Waals surface area contributed by atoms with Gasteiger partial charge in [0.2, 0.25) is 0 Å². The third kappa shape index (κ3) is 3.18. The molecule has 0 bridgehead atoms. The van der Waals surface area contributed by atoms with Gasteiger partial charge in [0, 0.05) is 25.3 Å². The summed E-state index contributed by atoms with van der Waals surface area (Å²) in [5.41, 5.74) is 4.05. The van der Waals surface area contributed by atoms with Gasteiger partial charge in [0.05, 0.1) is 5.69 Å². The van der Waals surface area contributed by atoms with Crippen molar-refractivity contribution in [1.82, 2.24) is 0 Å². The summed E-state index contributed by atoms with van der Waals surface area (Å²) < 4.78 is 14.2. The van der Waals surface area contributed by atoms with Gasteiger partial charge in [-0.15, -0.1) is 0 Å². The van der Waals surface area contributed by atoms with Crippen molar-refractivity contribution in [2.75, 3.05) is 23.3 Å². The first-order valence-electron chi connectivity index (χ1n) is 7.57. The Balaban J connectivity index is 1.69. The second-order valence-corrected chi connectivity index (χ2v) is 5.64. The minimum atomic E-state index is -0.133. The normalized spacial score (nSPS) is 14.5. The minimum absolute atomic E-state index is 0.133. The molecule has 2 aromatic rings. The Morgan fingerprint density at radius 3 is 2.57 bits per heavy atom. The topological polar surface area (TPSA) is 15.3 Å². The van der Waals surface area contributed by atoms with Crippen LogP contribution in [0.1, 0.15) is 24.0 Å². The zero-order valence-electron chi connectivity index (χ0n) is 12.4. The first-order valence-corrected chi connectivity index (χ1v) is 7.57. The van der Waals surface area contributed by atoms with Crippen molar-refractivity contribution < 1.29 is 4.39 Å². The standard InChI is InChI=1S/C18H21FN2/c1-14-6-2-3-7-15(14)13-20-16-8-9-18(17(19)12-16)21-10-4-5-11-21/h2-3,6-9,12,20H,4-5,10-11,13H2,1H3. The molecule has 0 saturated carbocycles. The molecule has 1 fully saturated rings. The maximum absolute atomic E-state index is 14.2. The highest BCUT2D eigenvalue weighted by Gasteiger charge is 2.16. The highest BCUT2D eigenvalue weighted by Crippen LogP contribution is 2.26. The van der Waals surface area contributed by atoms with E-state index in [2.05, 4.69) is 29.3 Å². The van der Waals surface area contributed by atoms with Crippen LogP contribution in [0.5, 0.6) is 0 Å². The summed E-state index contributed by atoms with van der Waals surface area (Å²) >= 11 is 0. The fourth-order valence-corrected chi connectivity index (χ4v) is 2.84. The Hall–Kier alpha value is -2.03. The summed E-state index contributed by atoms with van der Waals surface area (Å²) in [4.78, 5) is 2.13. The molecule has 0 unspecified atom stereocenters. The van der Waals surface area contributed by atoms with Crippen LogP contribution in [0.3, 0.4) is 0 Å². The Morgan fingerprint density at radius 2 is 1.86 bits per heavy atom. The van der Waals surface area contributed by atoms with Crippen molar-refractivity contribution in [3.63, 3.8) is 0 Å². The molecule has 1 aliphatic rings.